The SMILES string of the molecule is CC1CC(c2ccncc2Nc2ncc3ccc(-c4c(F)cc(C5(F)CCCC5)cc4F)nn23)CC(N)C1OCCC#N. The van der Waals surface area contributed by atoms with E-state index >= 15 is 13.2 Å². The van der Waals surface area contributed by atoms with Crippen LogP contribution in [0.15, 0.2) is 48.9 Å². The molecule has 224 valence electrons. The van der Waals surface area contributed by atoms with E-state index in [0.717, 1.165) is 29.8 Å². The number of nitrogens with one attached hydrogen (secondary N) is 1. The number of fused-ring (bicyclic) bond motifs is 1. The Kier molecular flexibility index (Phi) is 8.07. The van der Waals surface area contributed by atoms with Crippen LogP contribution in [0.1, 0.15) is 68.9 Å². The summed E-state index contributed by atoms with van der Waals surface area (Å²) in [4.78, 5) is 8.77. The van der Waals surface area contributed by atoms with Gasteiger partial charge in [0.05, 0.1) is 60.1 Å². The van der Waals surface area contributed by atoms with Crippen LogP contribution in [0.5, 0.6) is 0 Å². The van der Waals surface area contributed by atoms with E-state index in [4.69, 9.17) is 15.7 Å². The molecule has 6 rings (SSSR count). The van der Waals surface area contributed by atoms with Gasteiger partial charge in [0, 0.05) is 12.2 Å². The lowest BCUT2D eigenvalue weighted by molar-refractivity contribution is -0.0198. The number of hydrogen-bond donors (Lipinski definition) is 2. The zero-order valence-electron chi connectivity index (χ0n) is 23.9. The third-order valence-electron chi connectivity index (χ3n) is 8.86. The van der Waals surface area contributed by atoms with Crippen LogP contribution in [-0.4, -0.2) is 38.3 Å². The summed E-state index contributed by atoms with van der Waals surface area (Å²) < 4.78 is 53.3. The highest BCUT2D eigenvalue weighted by Crippen LogP contribution is 2.44. The first-order valence-corrected chi connectivity index (χ1v) is 14.8. The molecule has 4 unspecified atom stereocenters. The normalized spacial score (nSPS) is 23.3. The summed E-state index contributed by atoms with van der Waals surface area (Å²) in [6, 6.07) is 9.26. The number of alkyl halides is 1. The van der Waals surface area contributed by atoms with Crippen LogP contribution >= 0.6 is 0 Å². The Morgan fingerprint density at radius 1 is 1.14 bits per heavy atom. The molecular formula is C32H34F3N7O. The van der Waals surface area contributed by atoms with E-state index in [2.05, 4.69) is 33.4 Å². The third kappa shape index (κ3) is 5.69. The van der Waals surface area contributed by atoms with Gasteiger partial charge in [0.25, 0.3) is 0 Å². The van der Waals surface area contributed by atoms with Gasteiger partial charge in [-0.25, -0.2) is 18.2 Å². The van der Waals surface area contributed by atoms with E-state index in [1.165, 1.54) is 10.6 Å². The van der Waals surface area contributed by atoms with Gasteiger partial charge in [-0.05, 0) is 91.8 Å². The van der Waals surface area contributed by atoms with Gasteiger partial charge >= 0.3 is 0 Å². The quantitative estimate of drug-likeness (QED) is 0.220. The largest absolute Gasteiger partial charge is 0.375 e. The highest BCUT2D eigenvalue weighted by atomic mass is 19.1. The van der Waals surface area contributed by atoms with Crippen molar-refractivity contribution in [2.75, 3.05) is 11.9 Å². The molecule has 2 aliphatic carbocycles. The molecule has 0 aliphatic heterocycles. The van der Waals surface area contributed by atoms with Crippen LogP contribution in [0, 0.1) is 28.9 Å². The zero-order valence-corrected chi connectivity index (χ0v) is 23.9. The zero-order chi connectivity index (χ0) is 30.1. The second kappa shape index (κ2) is 11.9. The fourth-order valence-corrected chi connectivity index (χ4v) is 6.73. The van der Waals surface area contributed by atoms with Crippen LogP contribution in [0.2, 0.25) is 0 Å². The molecule has 3 aromatic heterocycles. The maximum absolute atomic E-state index is 15.3. The van der Waals surface area contributed by atoms with Gasteiger partial charge in [-0.15, -0.1) is 0 Å². The summed E-state index contributed by atoms with van der Waals surface area (Å²) in [5.41, 5.74) is 6.98. The molecule has 2 saturated carbocycles. The number of halogens is 3. The molecular weight excluding hydrogens is 555 g/mol. The standard InChI is InChI=1S/C32H34F3N7O/c1-19-13-20(14-26(37)30(19)43-12-4-10-36)23-7-11-38-18-28(23)40-31-39-17-22-5-6-27(41-42(22)31)29-24(33)15-21(16-25(29)34)32(35)8-2-3-9-32/h5-7,11,15-20,26,30H,2-4,8-9,12-14,37H2,1H3,(H,39,40). The Hall–Kier alpha value is -4.01. The van der Waals surface area contributed by atoms with E-state index in [9.17, 15) is 0 Å². The molecule has 4 atom stereocenters. The summed E-state index contributed by atoms with van der Waals surface area (Å²) in [6.45, 7) is 2.47. The lowest BCUT2D eigenvalue weighted by atomic mass is 9.74. The fraction of sp³-hybridized carbons (Fsp3) is 0.438. The number of ether oxygens (including phenoxy) is 1. The van der Waals surface area contributed by atoms with Crippen molar-refractivity contribution in [3.8, 4) is 17.3 Å². The lowest BCUT2D eigenvalue weighted by Crippen LogP contribution is -2.46. The van der Waals surface area contributed by atoms with Crippen LogP contribution in [-0.2, 0) is 10.4 Å². The summed E-state index contributed by atoms with van der Waals surface area (Å²) >= 11 is 0. The van der Waals surface area contributed by atoms with Crippen molar-refractivity contribution >= 4 is 17.2 Å². The monoisotopic (exact) mass is 589 g/mol. The Bertz CT molecular complexity index is 1630. The highest BCUT2D eigenvalue weighted by molar-refractivity contribution is 5.66. The lowest BCUT2D eigenvalue weighted by Gasteiger charge is -2.39. The molecule has 3 N–H and O–H groups in total. The summed E-state index contributed by atoms with van der Waals surface area (Å²) in [6.07, 6.45) is 8.70. The first kappa shape index (κ1) is 29.1. The molecule has 1 aromatic carbocycles. The van der Waals surface area contributed by atoms with Gasteiger partial charge in [-0.1, -0.05) is 6.92 Å². The Morgan fingerprint density at radius 3 is 2.63 bits per heavy atom. The van der Waals surface area contributed by atoms with Crippen molar-refractivity contribution in [3.05, 3.63) is 71.7 Å². The molecule has 11 heteroatoms. The number of anilines is 2. The molecule has 0 bridgehead atoms. The second-order valence-corrected chi connectivity index (χ2v) is 11.8. The van der Waals surface area contributed by atoms with E-state index in [-0.39, 0.29) is 53.6 Å². The second-order valence-electron chi connectivity index (χ2n) is 11.8. The average molecular weight is 590 g/mol. The van der Waals surface area contributed by atoms with E-state index in [1.807, 2.05) is 6.07 Å². The van der Waals surface area contributed by atoms with Crippen LogP contribution in [0.3, 0.4) is 0 Å². The molecule has 0 radical (unpaired) electrons. The van der Waals surface area contributed by atoms with Gasteiger partial charge in [-0.3, -0.25) is 4.98 Å². The topological polar surface area (TPSA) is 114 Å². The Labute approximate surface area is 248 Å². The summed E-state index contributed by atoms with van der Waals surface area (Å²) in [7, 11) is 0. The van der Waals surface area contributed by atoms with Crippen molar-refractivity contribution in [1.29, 1.82) is 5.26 Å². The molecule has 2 fully saturated rings. The fourth-order valence-electron chi connectivity index (χ4n) is 6.73. The number of hydrogen-bond acceptors (Lipinski definition) is 7. The molecule has 2 aliphatic rings. The number of nitriles is 1. The van der Waals surface area contributed by atoms with Crippen molar-refractivity contribution in [2.24, 2.45) is 11.7 Å². The first-order chi connectivity index (χ1) is 20.8. The minimum absolute atomic E-state index is 0.0377. The van der Waals surface area contributed by atoms with Crippen LogP contribution < -0.4 is 11.1 Å². The van der Waals surface area contributed by atoms with Gasteiger partial charge in [-0.2, -0.15) is 14.9 Å². The number of pyridine rings is 1. The number of nitrogens with zero attached hydrogens (tertiary/aromatic N) is 5. The molecule has 4 aromatic rings. The van der Waals surface area contributed by atoms with Gasteiger partial charge in [0.2, 0.25) is 5.95 Å². The van der Waals surface area contributed by atoms with E-state index < -0.39 is 17.3 Å². The number of benzene rings is 1. The molecule has 3 heterocycles. The number of rotatable bonds is 8. The molecule has 0 amide bonds. The smallest absolute Gasteiger partial charge is 0.229 e. The predicted octanol–water partition coefficient (Wildman–Crippen LogP) is 6.69. The third-order valence-corrected chi connectivity index (χ3v) is 8.86. The Balaban J connectivity index is 1.27. The summed E-state index contributed by atoms with van der Waals surface area (Å²) in [5, 5.41) is 16.7. The predicted molar refractivity (Wildman–Crippen MR) is 156 cm³/mol. The van der Waals surface area contributed by atoms with Crippen LogP contribution in [0.4, 0.5) is 24.8 Å². The number of nitrogens with two attached hydrogens (primary N) is 1. The minimum atomic E-state index is -1.70. The van der Waals surface area contributed by atoms with Crippen molar-refractivity contribution in [3.63, 3.8) is 0 Å². The maximum Gasteiger partial charge on any atom is 0.229 e. The van der Waals surface area contributed by atoms with E-state index in [1.54, 1.807) is 24.7 Å². The van der Waals surface area contributed by atoms with Gasteiger partial charge in [0.15, 0.2) is 0 Å². The van der Waals surface area contributed by atoms with Gasteiger partial charge < -0.3 is 15.8 Å². The highest BCUT2D eigenvalue weighted by Gasteiger charge is 2.37. The van der Waals surface area contributed by atoms with E-state index in [0.29, 0.717) is 43.8 Å². The van der Waals surface area contributed by atoms with Crippen molar-refractivity contribution < 1.29 is 17.9 Å². The maximum atomic E-state index is 15.3. The van der Waals surface area contributed by atoms with Crippen molar-refractivity contribution in [1.82, 2.24) is 19.6 Å². The molecule has 0 saturated heterocycles. The van der Waals surface area contributed by atoms with Gasteiger partial charge in [0.1, 0.15) is 17.3 Å². The molecule has 0 spiro atoms. The molecule has 43 heavy (non-hydrogen) atoms. The molecule has 8 nitrogen and oxygen atoms in total. The van der Waals surface area contributed by atoms with Crippen LogP contribution in [0.25, 0.3) is 16.8 Å². The van der Waals surface area contributed by atoms with Crippen molar-refractivity contribution in [2.45, 2.75) is 75.6 Å². The minimum Gasteiger partial charge on any atom is -0.375 e. The number of imidazole rings is 1. The Morgan fingerprint density at radius 2 is 1.91 bits per heavy atom. The summed E-state index contributed by atoms with van der Waals surface area (Å²) in [5.74, 6) is -1.05. The first-order valence-electron chi connectivity index (χ1n) is 14.8. The number of aromatic nitrogens is 4. The average Bonchev–Trinajstić information content (AvgIpc) is 3.61.